The van der Waals surface area contributed by atoms with Crippen LogP contribution in [0.3, 0.4) is 0 Å². The summed E-state index contributed by atoms with van der Waals surface area (Å²) in [6.07, 6.45) is 3.76. The van der Waals surface area contributed by atoms with Crippen molar-refractivity contribution >= 4 is 11.3 Å². The fraction of sp³-hybridized carbons (Fsp3) is 0.444. The summed E-state index contributed by atoms with van der Waals surface area (Å²) in [7, 11) is 0. The van der Waals surface area contributed by atoms with E-state index >= 15 is 0 Å². The zero-order valence-corrected chi connectivity index (χ0v) is 13.5. The summed E-state index contributed by atoms with van der Waals surface area (Å²) in [5.41, 5.74) is 2.34. The second-order valence-corrected chi connectivity index (χ2v) is 7.72. The normalized spacial score (nSPS) is 20.8. The maximum absolute atomic E-state index is 14.0. The van der Waals surface area contributed by atoms with Gasteiger partial charge in [0.1, 0.15) is 5.82 Å². The molecule has 3 rings (SSSR count). The lowest BCUT2D eigenvalue weighted by atomic mass is 9.92. The molecule has 1 N–H and O–H groups in total. The van der Waals surface area contributed by atoms with Crippen LogP contribution in [0.2, 0.25) is 0 Å². The van der Waals surface area contributed by atoms with Gasteiger partial charge in [-0.05, 0) is 53.8 Å². The van der Waals surface area contributed by atoms with Crippen molar-refractivity contribution in [1.82, 2.24) is 5.32 Å². The summed E-state index contributed by atoms with van der Waals surface area (Å²) >= 11 is 1.58. The van der Waals surface area contributed by atoms with Gasteiger partial charge in [-0.15, -0.1) is 11.3 Å². The summed E-state index contributed by atoms with van der Waals surface area (Å²) in [4.78, 5) is 0.997. The van der Waals surface area contributed by atoms with Crippen molar-refractivity contribution in [3.05, 3.63) is 47.1 Å². The lowest BCUT2D eigenvalue weighted by Gasteiger charge is -2.18. The first-order valence-electron chi connectivity index (χ1n) is 7.59. The molecule has 1 aromatic heterocycles. The third-order valence-corrected chi connectivity index (χ3v) is 5.28. The molecule has 1 saturated carbocycles. The van der Waals surface area contributed by atoms with Crippen LogP contribution in [-0.2, 0) is 6.54 Å². The number of halogens is 1. The van der Waals surface area contributed by atoms with Crippen molar-refractivity contribution in [2.75, 3.05) is 0 Å². The third-order valence-electron chi connectivity index (χ3n) is 4.38. The monoisotopic (exact) mass is 303 g/mol. The van der Waals surface area contributed by atoms with Gasteiger partial charge in [0.2, 0.25) is 0 Å². The standard InChI is InChI=1S/C18H22FNS/c1-18(2)8-7-14(11-18)20-12-13-5-6-16(19)15(10-13)17-4-3-9-21-17/h3-6,9-10,14,20H,7-8,11-12H2,1-2H3. The summed E-state index contributed by atoms with van der Waals surface area (Å²) in [5, 5.41) is 5.61. The van der Waals surface area contributed by atoms with Crippen molar-refractivity contribution in [3.63, 3.8) is 0 Å². The molecule has 1 heterocycles. The Morgan fingerprint density at radius 1 is 1.33 bits per heavy atom. The van der Waals surface area contributed by atoms with Gasteiger partial charge < -0.3 is 5.32 Å². The molecule has 1 atom stereocenters. The van der Waals surface area contributed by atoms with E-state index in [-0.39, 0.29) is 5.82 Å². The molecule has 3 heteroatoms. The number of nitrogens with one attached hydrogen (secondary N) is 1. The molecular weight excluding hydrogens is 281 g/mol. The molecular formula is C18H22FNS. The number of hydrogen-bond acceptors (Lipinski definition) is 2. The van der Waals surface area contributed by atoms with Crippen LogP contribution in [0.15, 0.2) is 35.7 Å². The second kappa shape index (κ2) is 5.90. The molecule has 1 aliphatic rings. The summed E-state index contributed by atoms with van der Waals surface area (Å²) in [5.74, 6) is -0.136. The van der Waals surface area contributed by atoms with Gasteiger partial charge in [-0.25, -0.2) is 4.39 Å². The molecule has 1 fully saturated rings. The van der Waals surface area contributed by atoms with Gasteiger partial charge in [-0.3, -0.25) is 0 Å². The molecule has 0 aliphatic heterocycles. The summed E-state index contributed by atoms with van der Waals surface area (Å²) in [6.45, 7) is 5.49. The van der Waals surface area contributed by atoms with Gasteiger partial charge in [0.05, 0.1) is 0 Å². The highest BCUT2D eigenvalue weighted by Gasteiger charge is 2.30. The highest BCUT2D eigenvalue weighted by Crippen LogP contribution is 2.37. The predicted octanol–water partition coefficient (Wildman–Crippen LogP) is 5.22. The molecule has 1 aromatic carbocycles. The second-order valence-electron chi connectivity index (χ2n) is 6.78. The van der Waals surface area contributed by atoms with Crippen molar-refractivity contribution in [1.29, 1.82) is 0 Å². The summed E-state index contributed by atoms with van der Waals surface area (Å²) in [6, 6.07) is 9.98. The zero-order chi connectivity index (χ0) is 14.9. The Balaban J connectivity index is 1.68. The molecule has 0 saturated heterocycles. The van der Waals surface area contributed by atoms with Gasteiger partial charge in [-0.1, -0.05) is 26.0 Å². The molecule has 21 heavy (non-hydrogen) atoms. The van der Waals surface area contributed by atoms with E-state index < -0.39 is 0 Å². The number of rotatable bonds is 4. The molecule has 2 aromatic rings. The molecule has 0 spiro atoms. The molecule has 1 nitrogen and oxygen atoms in total. The highest BCUT2D eigenvalue weighted by molar-refractivity contribution is 7.13. The smallest absolute Gasteiger partial charge is 0.131 e. The number of hydrogen-bond donors (Lipinski definition) is 1. The average Bonchev–Trinajstić information content (AvgIpc) is 3.07. The van der Waals surface area contributed by atoms with E-state index in [0.717, 1.165) is 22.5 Å². The van der Waals surface area contributed by atoms with Crippen molar-refractivity contribution in [2.45, 2.75) is 45.7 Å². The Labute approximate surface area is 130 Å². The van der Waals surface area contributed by atoms with E-state index in [9.17, 15) is 4.39 Å². The quantitative estimate of drug-likeness (QED) is 0.816. The molecule has 1 aliphatic carbocycles. The van der Waals surface area contributed by atoms with E-state index in [4.69, 9.17) is 0 Å². The lowest BCUT2D eigenvalue weighted by molar-refractivity contribution is 0.364. The van der Waals surface area contributed by atoms with Crippen LogP contribution < -0.4 is 5.32 Å². The Bertz CT molecular complexity index is 604. The number of thiophene rings is 1. The molecule has 0 amide bonds. The maximum atomic E-state index is 14.0. The van der Waals surface area contributed by atoms with Crippen LogP contribution in [0.4, 0.5) is 4.39 Å². The van der Waals surface area contributed by atoms with Gasteiger partial charge in [0, 0.05) is 23.0 Å². The first-order valence-corrected chi connectivity index (χ1v) is 8.47. The van der Waals surface area contributed by atoms with Gasteiger partial charge in [-0.2, -0.15) is 0 Å². The van der Waals surface area contributed by atoms with E-state index in [1.54, 1.807) is 17.4 Å². The van der Waals surface area contributed by atoms with Crippen LogP contribution in [0, 0.1) is 11.2 Å². The van der Waals surface area contributed by atoms with Gasteiger partial charge in [0.25, 0.3) is 0 Å². The molecule has 1 unspecified atom stereocenters. The van der Waals surface area contributed by atoms with E-state index in [1.807, 2.05) is 29.6 Å². The largest absolute Gasteiger partial charge is 0.310 e. The van der Waals surface area contributed by atoms with Crippen LogP contribution in [0.5, 0.6) is 0 Å². The molecule has 0 bridgehead atoms. The van der Waals surface area contributed by atoms with Crippen LogP contribution in [0.25, 0.3) is 10.4 Å². The van der Waals surface area contributed by atoms with Gasteiger partial charge >= 0.3 is 0 Å². The minimum Gasteiger partial charge on any atom is -0.310 e. The SMILES string of the molecule is CC1(C)CCC(NCc2ccc(F)c(-c3cccs3)c2)C1. The minimum atomic E-state index is -0.136. The Morgan fingerprint density at radius 3 is 2.86 bits per heavy atom. The Morgan fingerprint density at radius 2 is 2.19 bits per heavy atom. The average molecular weight is 303 g/mol. The summed E-state index contributed by atoms with van der Waals surface area (Å²) < 4.78 is 14.0. The zero-order valence-electron chi connectivity index (χ0n) is 12.7. The number of benzene rings is 1. The Hall–Kier alpha value is -1.19. The fourth-order valence-corrected chi connectivity index (χ4v) is 3.92. The maximum Gasteiger partial charge on any atom is 0.131 e. The lowest BCUT2D eigenvalue weighted by Crippen LogP contribution is -2.26. The van der Waals surface area contributed by atoms with Gasteiger partial charge in [0.15, 0.2) is 0 Å². The van der Waals surface area contributed by atoms with Crippen LogP contribution >= 0.6 is 11.3 Å². The van der Waals surface area contributed by atoms with E-state index in [1.165, 1.54) is 19.3 Å². The van der Waals surface area contributed by atoms with Crippen molar-refractivity contribution < 1.29 is 4.39 Å². The first kappa shape index (κ1) is 14.7. The van der Waals surface area contributed by atoms with Crippen molar-refractivity contribution in [3.8, 4) is 10.4 Å². The third kappa shape index (κ3) is 3.53. The van der Waals surface area contributed by atoms with Crippen LogP contribution in [-0.4, -0.2) is 6.04 Å². The first-order chi connectivity index (χ1) is 10.0. The van der Waals surface area contributed by atoms with Crippen molar-refractivity contribution in [2.24, 2.45) is 5.41 Å². The molecule has 0 radical (unpaired) electrons. The van der Waals surface area contributed by atoms with Crippen LogP contribution in [0.1, 0.15) is 38.7 Å². The predicted molar refractivity (Wildman–Crippen MR) is 88.0 cm³/mol. The van der Waals surface area contributed by atoms with E-state index in [0.29, 0.717) is 11.5 Å². The van der Waals surface area contributed by atoms with E-state index in [2.05, 4.69) is 19.2 Å². The Kier molecular flexibility index (Phi) is 4.14. The minimum absolute atomic E-state index is 0.136. The highest BCUT2D eigenvalue weighted by atomic mass is 32.1. The topological polar surface area (TPSA) is 12.0 Å². The fourth-order valence-electron chi connectivity index (χ4n) is 3.18. The molecule has 112 valence electrons.